The highest BCUT2D eigenvalue weighted by Gasteiger charge is 2.34. The number of nitrogens with zero attached hydrogens (tertiary/aromatic N) is 2. The Morgan fingerprint density at radius 1 is 1.19 bits per heavy atom. The first-order valence-corrected chi connectivity index (χ1v) is 6.36. The van der Waals surface area contributed by atoms with Crippen molar-refractivity contribution in [1.29, 1.82) is 0 Å². The highest BCUT2D eigenvalue weighted by Crippen LogP contribution is 2.32. The molecule has 0 fully saturated rings. The van der Waals surface area contributed by atoms with Crippen LogP contribution < -0.4 is 10.1 Å². The van der Waals surface area contributed by atoms with Crippen LogP contribution in [0.4, 0.5) is 23.5 Å². The fraction of sp³-hybridized carbons (Fsp3) is 0.167. The summed E-state index contributed by atoms with van der Waals surface area (Å²) < 4.78 is 57.3. The van der Waals surface area contributed by atoms with Gasteiger partial charge in [0.15, 0.2) is 17.3 Å². The number of aromatic nitrogens is 2. The van der Waals surface area contributed by atoms with E-state index >= 15 is 0 Å². The summed E-state index contributed by atoms with van der Waals surface area (Å²) in [7, 11) is 1.36. The quantitative estimate of drug-likeness (QED) is 0.826. The average Bonchev–Trinajstić information content (AvgIpc) is 2.41. The molecule has 1 aromatic carbocycles. The lowest BCUT2D eigenvalue weighted by atomic mass is 10.3. The summed E-state index contributed by atoms with van der Waals surface area (Å²) in [5, 5.41) is 2.39. The molecule has 4 nitrogen and oxygen atoms in total. The zero-order chi connectivity index (χ0) is 15.6. The summed E-state index contributed by atoms with van der Waals surface area (Å²) in [6.45, 7) is 0. The molecule has 1 heterocycles. The fourth-order valence-electron chi connectivity index (χ4n) is 1.40. The highest BCUT2D eigenvalue weighted by atomic mass is 79.9. The van der Waals surface area contributed by atoms with Gasteiger partial charge in [0.1, 0.15) is 0 Å². The van der Waals surface area contributed by atoms with Crippen molar-refractivity contribution in [1.82, 2.24) is 9.97 Å². The predicted octanol–water partition coefficient (Wildman–Crippen LogP) is 4.23. The van der Waals surface area contributed by atoms with Crippen LogP contribution in [-0.4, -0.2) is 17.0 Å². The minimum Gasteiger partial charge on any atom is -0.436 e. The molecule has 0 saturated carbocycles. The van der Waals surface area contributed by atoms with E-state index in [1.807, 2.05) is 0 Å². The van der Waals surface area contributed by atoms with E-state index in [0.29, 0.717) is 10.5 Å². The van der Waals surface area contributed by atoms with Crippen molar-refractivity contribution in [2.45, 2.75) is 6.18 Å². The second kappa shape index (κ2) is 5.84. The zero-order valence-electron chi connectivity index (χ0n) is 10.5. The lowest BCUT2D eigenvalue weighted by molar-refractivity contribution is -0.141. The molecule has 0 unspecified atom stereocenters. The summed E-state index contributed by atoms with van der Waals surface area (Å²) in [6, 6.07) is 4.43. The Labute approximate surface area is 125 Å². The molecule has 1 N–H and O–H groups in total. The fourth-order valence-corrected chi connectivity index (χ4v) is 1.74. The molecule has 0 saturated heterocycles. The van der Waals surface area contributed by atoms with E-state index in [2.05, 4.69) is 31.2 Å². The first-order valence-electron chi connectivity index (χ1n) is 5.56. The van der Waals surface area contributed by atoms with Gasteiger partial charge in [0.25, 0.3) is 0 Å². The standard InChI is InChI=1S/C12H8BrF4N3O/c1-18-11-19-9(12(15,16)17)5-10(20-11)21-8-4-6(13)2-3-7(8)14/h2-5H,1H3,(H,18,19,20). The molecule has 1 aromatic heterocycles. The molecule has 0 aliphatic carbocycles. The van der Waals surface area contributed by atoms with Crippen LogP contribution in [0.15, 0.2) is 28.7 Å². The number of hydrogen-bond donors (Lipinski definition) is 1. The number of nitrogens with one attached hydrogen (secondary N) is 1. The van der Waals surface area contributed by atoms with Crippen LogP contribution in [0.2, 0.25) is 0 Å². The molecule has 0 atom stereocenters. The van der Waals surface area contributed by atoms with Crippen LogP contribution in [0.25, 0.3) is 0 Å². The normalized spacial score (nSPS) is 11.3. The number of hydrogen-bond acceptors (Lipinski definition) is 4. The van der Waals surface area contributed by atoms with Crippen LogP contribution in [0, 0.1) is 5.82 Å². The van der Waals surface area contributed by atoms with Gasteiger partial charge in [0.2, 0.25) is 11.8 Å². The summed E-state index contributed by atoms with van der Waals surface area (Å²) in [5.41, 5.74) is -1.19. The summed E-state index contributed by atoms with van der Waals surface area (Å²) in [6.07, 6.45) is -4.66. The van der Waals surface area contributed by atoms with E-state index in [1.165, 1.54) is 19.2 Å². The summed E-state index contributed by atoms with van der Waals surface area (Å²) >= 11 is 3.11. The third kappa shape index (κ3) is 3.81. The first-order chi connectivity index (χ1) is 9.79. The lowest BCUT2D eigenvalue weighted by Gasteiger charge is -2.11. The van der Waals surface area contributed by atoms with Gasteiger partial charge in [-0.05, 0) is 18.2 Å². The third-order valence-corrected chi connectivity index (χ3v) is 2.82. The molecule has 0 aliphatic rings. The molecule has 0 amide bonds. The SMILES string of the molecule is CNc1nc(Oc2cc(Br)ccc2F)cc(C(F)(F)F)n1. The van der Waals surface area contributed by atoms with Crippen molar-refractivity contribution in [3.8, 4) is 11.6 Å². The Morgan fingerprint density at radius 3 is 2.52 bits per heavy atom. The van der Waals surface area contributed by atoms with Crippen LogP contribution in [-0.2, 0) is 6.18 Å². The van der Waals surface area contributed by atoms with E-state index in [1.54, 1.807) is 0 Å². The van der Waals surface area contributed by atoms with Crippen molar-refractivity contribution in [3.05, 3.63) is 40.2 Å². The third-order valence-electron chi connectivity index (χ3n) is 2.32. The van der Waals surface area contributed by atoms with Crippen LogP contribution in [0.5, 0.6) is 11.6 Å². The van der Waals surface area contributed by atoms with Crippen LogP contribution >= 0.6 is 15.9 Å². The van der Waals surface area contributed by atoms with Crippen LogP contribution in [0.1, 0.15) is 5.69 Å². The lowest BCUT2D eigenvalue weighted by Crippen LogP contribution is -2.11. The van der Waals surface area contributed by atoms with E-state index in [-0.39, 0.29) is 11.7 Å². The Balaban J connectivity index is 2.42. The van der Waals surface area contributed by atoms with Crippen molar-refractivity contribution < 1.29 is 22.3 Å². The molecular weight excluding hydrogens is 358 g/mol. The van der Waals surface area contributed by atoms with E-state index < -0.39 is 23.6 Å². The maximum absolute atomic E-state index is 13.5. The van der Waals surface area contributed by atoms with Crippen molar-refractivity contribution in [3.63, 3.8) is 0 Å². The number of ether oxygens (including phenoxy) is 1. The molecule has 2 rings (SSSR count). The Hall–Kier alpha value is -1.90. The minimum atomic E-state index is -4.66. The maximum atomic E-state index is 13.5. The molecule has 9 heteroatoms. The first kappa shape index (κ1) is 15.5. The molecular formula is C12H8BrF4N3O. The second-order valence-corrected chi connectivity index (χ2v) is 4.76. The Bertz CT molecular complexity index is 663. The number of anilines is 1. The maximum Gasteiger partial charge on any atom is 0.433 e. The molecule has 21 heavy (non-hydrogen) atoms. The molecule has 112 valence electrons. The predicted molar refractivity (Wildman–Crippen MR) is 70.8 cm³/mol. The summed E-state index contributed by atoms with van der Waals surface area (Å²) in [5.74, 6) is -1.68. The Kier molecular flexibility index (Phi) is 4.31. The molecule has 0 radical (unpaired) electrons. The van der Waals surface area contributed by atoms with Crippen molar-refractivity contribution in [2.24, 2.45) is 0 Å². The smallest absolute Gasteiger partial charge is 0.433 e. The number of benzene rings is 1. The molecule has 2 aromatic rings. The molecule has 0 bridgehead atoms. The van der Waals surface area contributed by atoms with E-state index in [9.17, 15) is 17.6 Å². The monoisotopic (exact) mass is 365 g/mol. The highest BCUT2D eigenvalue weighted by molar-refractivity contribution is 9.10. The minimum absolute atomic E-state index is 0.252. The average molecular weight is 366 g/mol. The molecule has 0 aliphatic heterocycles. The van der Waals surface area contributed by atoms with Gasteiger partial charge < -0.3 is 10.1 Å². The zero-order valence-corrected chi connectivity index (χ0v) is 12.1. The van der Waals surface area contributed by atoms with Gasteiger partial charge in [-0.2, -0.15) is 18.2 Å². The van der Waals surface area contributed by atoms with Gasteiger partial charge in [0.05, 0.1) is 0 Å². The van der Waals surface area contributed by atoms with Gasteiger partial charge in [-0.1, -0.05) is 15.9 Å². The second-order valence-electron chi connectivity index (χ2n) is 3.84. The van der Waals surface area contributed by atoms with Crippen molar-refractivity contribution >= 4 is 21.9 Å². The van der Waals surface area contributed by atoms with Gasteiger partial charge >= 0.3 is 6.18 Å². The van der Waals surface area contributed by atoms with Crippen LogP contribution in [0.3, 0.4) is 0 Å². The van der Waals surface area contributed by atoms with Crippen molar-refractivity contribution in [2.75, 3.05) is 12.4 Å². The van der Waals surface area contributed by atoms with Gasteiger partial charge in [-0.15, -0.1) is 0 Å². The van der Waals surface area contributed by atoms with Gasteiger partial charge in [0, 0.05) is 17.6 Å². The Morgan fingerprint density at radius 2 is 1.90 bits per heavy atom. The van der Waals surface area contributed by atoms with Gasteiger partial charge in [-0.25, -0.2) is 9.37 Å². The van der Waals surface area contributed by atoms with E-state index in [4.69, 9.17) is 4.74 Å². The number of halogens is 5. The topological polar surface area (TPSA) is 47.0 Å². The van der Waals surface area contributed by atoms with E-state index in [0.717, 1.165) is 6.07 Å². The molecule has 0 spiro atoms. The summed E-state index contributed by atoms with van der Waals surface area (Å²) in [4.78, 5) is 6.98. The van der Waals surface area contributed by atoms with Gasteiger partial charge in [-0.3, -0.25) is 0 Å². The number of rotatable bonds is 3. The largest absolute Gasteiger partial charge is 0.436 e. The number of alkyl halides is 3.